The molecule has 0 atom stereocenters. The van der Waals surface area contributed by atoms with Crippen molar-refractivity contribution in [1.29, 1.82) is 0 Å². The number of pyridine rings is 1. The van der Waals surface area contributed by atoms with E-state index < -0.39 is 0 Å². The minimum atomic E-state index is -0.196. The third kappa shape index (κ3) is 3.85. The molecule has 1 aromatic heterocycles. The molecule has 0 unspecified atom stereocenters. The van der Waals surface area contributed by atoms with Crippen LogP contribution in [0.3, 0.4) is 0 Å². The number of rotatable bonds is 4. The lowest BCUT2D eigenvalue weighted by Gasteiger charge is -2.10. The Balaban J connectivity index is 1.74. The average Bonchev–Trinajstić information content (AvgIpc) is 2.56. The number of hydrogen-bond acceptors (Lipinski definition) is 4. The largest absolute Gasteiger partial charge is 0.399 e. The zero-order chi connectivity index (χ0) is 16.1. The molecule has 0 aliphatic carbocycles. The highest BCUT2D eigenvalue weighted by atomic mass is 16.1. The van der Waals surface area contributed by atoms with Crippen molar-refractivity contribution in [3.8, 4) is 0 Å². The summed E-state index contributed by atoms with van der Waals surface area (Å²) in [6.07, 6.45) is 3.43. The second kappa shape index (κ2) is 6.62. The van der Waals surface area contributed by atoms with Crippen LogP contribution in [-0.4, -0.2) is 10.9 Å². The standard InChI is InChI=1S/C18H16N4O/c19-14-4-1-3-13(11-14)18(23)22-17-6-2-5-16(12-17)21-15-7-9-20-10-8-15/h1-12H,19H2,(H,20,21)(H,22,23). The number of nitrogens with two attached hydrogens (primary N) is 1. The zero-order valence-corrected chi connectivity index (χ0v) is 12.4. The molecule has 5 nitrogen and oxygen atoms in total. The minimum Gasteiger partial charge on any atom is -0.399 e. The van der Waals surface area contributed by atoms with E-state index >= 15 is 0 Å². The SMILES string of the molecule is Nc1cccc(C(=O)Nc2cccc(Nc3ccncc3)c2)c1. The van der Waals surface area contributed by atoms with Crippen LogP contribution in [0.1, 0.15) is 10.4 Å². The van der Waals surface area contributed by atoms with Crippen LogP contribution in [0.4, 0.5) is 22.7 Å². The molecule has 0 fully saturated rings. The van der Waals surface area contributed by atoms with Crippen LogP contribution in [-0.2, 0) is 0 Å². The average molecular weight is 304 g/mol. The third-order valence-electron chi connectivity index (χ3n) is 3.24. The lowest BCUT2D eigenvalue weighted by Crippen LogP contribution is -2.12. The normalized spacial score (nSPS) is 10.1. The first kappa shape index (κ1) is 14.6. The molecular formula is C18H16N4O. The van der Waals surface area contributed by atoms with Gasteiger partial charge in [-0.2, -0.15) is 0 Å². The van der Waals surface area contributed by atoms with Gasteiger partial charge >= 0.3 is 0 Å². The van der Waals surface area contributed by atoms with Crippen LogP contribution in [0, 0.1) is 0 Å². The maximum atomic E-state index is 12.2. The highest BCUT2D eigenvalue weighted by Crippen LogP contribution is 2.20. The number of aromatic nitrogens is 1. The summed E-state index contributed by atoms with van der Waals surface area (Å²) in [5, 5.41) is 6.12. The molecule has 0 saturated heterocycles. The molecule has 0 bridgehead atoms. The number of carbonyl (C=O) groups excluding carboxylic acids is 1. The summed E-state index contributed by atoms with van der Waals surface area (Å²) in [6.45, 7) is 0. The Labute approximate surface area is 134 Å². The van der Waals surface area contributed by atoms with Crippen molar-refractivity contribution >= 4 is 28.7 Å². The lowest BCUT2D eigenvalue weighted by atomic mass is 10.2. The fourth-order valence-corrected chi connectivity index (χ4v) is 2.16. The van der Waals surface area contributed by atoms with E-state index in [9.17, 15) is 4.79 Å². The molecule has 0 aliphatic rings. The van der Waals surface area contributed by atoms with E-state index in [0.717, 1.165) is 11.4 Å². The summed E-state index contributed by atoms with van der Waals surface area (Å²) in [6, 6.07) is 18.1. The zero-order valence-electron chi connectivity index (χ0n) is 12.4. The number of benzene rings is 2. The van der Waals surface area contributed by atoms with Crippen molar-refractivity contribution in [1.82, 2.24) is 4.98 Å². The van der Waals surface area contributed by atoms with Crippen molar-refractivity contribution in [2.24, 2.45) is 0 Å². The molecule has 3 rings (SSSR count). The van der Waals surface area contributed by atoms with Gasteiger partial charge < -0.3 is 16.4 Å². The molecule has 23 heavy (non-hydrogen) atoms. The van der Waals surface area contributed by atoms with Gasteiger partial charge in [-0.05, 0) is 48.5 Å². The van der Waals surface area contributed by atoms with Gasteiger partial charge in [0.25, 0.3) is 5.91 Å². The van der Waals surface area contributed by atoms with Gasteiger partial charge in [0, 0.05) is 40.7 Å². The molecular weight excluding hydrogens is 288 g/mol. The molecule has 3 aromatic rings. The Bertz CT molecular complexity index is 818. The Kier molecular flexibility index (Phi) is 4.20. The number of anilines is 4. The highest BCUT2D eigenvalue weighted by molar-refractivity contribution is 6.05. The third-order valence-corrected chi connectivity index (χ3v) is 3.24. The van der Waals surface area contributed by atoms with Crippen LogP contribution in [0.15, 0.2) is 73.1 Å². The first-order valence-corrected chi connectivity index (χ1v) is 7.15. The van der Waals surface area contributed by atoms with Crippen LogP contribution >= 0.6 is 0 Å². The van der Waals surface area contributed by atoms with Gasteiger partial charge in [0.05, 0.1) is 0 Å². The van der Waals surface area contributed by atoms with E-state index in [1.54, 1.807) is 36.7 Å². The fraction of sp³-hybridized carbons (Fsp3) is 0. The predicted octanol–water partition coefficient (Wildman–Crippen LogP) is 3.66. The van der Waals surface area contributed by atoms with Gasteiger partial charge in [-0.1, -0.05) is 12.1 Å². The van der Waals surface area contributed by atoms with Crippen LogP contribution in [0.2, 0.25) is 0 Å². The van der Waals surface area contributed by atoms with E-state index in [0.29, 0.717) is 16.9 Å². The predicted molar refractivity (Wildman–Crippen MR) is 92.8 cm³/mol. The quantitative estimate of drug-likeness (QED) is 0.643. The number of nitrogens with one attached hydrogen (secondary N) is 2. The Morgan fingerprint density at radius 3 is 2.39 bits per heavy atom. The van der Waals surface area contributed by atoms with E-state index in [2.05, 4.69) is 15.6 Å². The van der Waals surface area contributed by atoms with Crippen LogP contribution in [0.5, 0.6) is 0 Å². The van der Waals surface area contributed by atoms with Gasteiger partial charge in [-0.15, -0.1) is 0 Å². The summed E-state index contributed by atoms with van der Waals surface area (Å²) in [5.41, 5.74) is 9.30. The Morgan fingerprint density at radius 1 is 0.870 bits per heavy atom. The van der Waals surface area contributed by atoms with E-state index in [-0.39, 0.29) is 5.91 Å². The molecule has 0 spiro atoms. The fourth-order valence-electron chi connectivity index (χ4n) is 2.16. The molecule has 0 aliphatic heterocycles. The summed E-state index contributed by atoms with van der Waals surface area (Å²) < 4.78 is 0. The minimum absolute atomic E-state index is 0.196. The lowest BCUT2D eigenvalue weighted by molar-refractivity contribution is 0.102. The second-order valence-corrected chi connectivity index (χ2v) is 5.02. The Hall–Kier alpha value is -3.34. The van der Waals surface area contributed by atoms with Crippen molar-refractivity contribution < 1.29 is 4.79 Å². The smallest absolute Gasteiger partial charge is 0.255 e. The molecule has 0 radical (unpaired) electrons. The molecule has 1 amide bonds. The molecule has 114 valence electrons. The molecule has 2 aromatic carbocycles. The van der Waals surface area contributed by atoms with Crippen molar-refractivity contribution in [2.45, 2.75) is 0 Å². The summed E-state index contributed by atoms with van der Waals surface area (Å²) >= 11 is 0. The first-order chi connectivity index (χ1) is 11.2. The highest BCUT2D eigenvalue weighted by Gasteiger charge is 2.06. The van der Waals surface area contributed by atoms with Crippen molar-refractivity contribution in [2.75, 3.05) is 16.4 Å². The molecule has 5 heteroatoms. The van der Waals surface area contributed by atoms with Gasteiger partial charge in [0.1, 0.15) is 0 Å². The van der Waals surface area contributed by atoms with E-state index in [4.69, 9.17) is 5.73 Å². The molecule has 4 N–H and O–H groups in total. The number of nitrogen functional groups attached to an aromatic ring is 1. The number of amides is 1. The monoisotopic (exact) mass is 304 g/mol. The van der Waals surface area contributed by atoms with Crippen LogP contribution < -0.4 is 16.4 Å². The number of hydrogen-bond donors (Lipinski definition) is 3. The van der Waals surface area contributed by atoms with Gasteiger partial charge in [0.2, 0.25) is 0 Å². The maximum Gasteiger partial charge on any atom is 0.255 e. The van der Waals surface area contributed by atoms with E-state index in [1.165, 1.54) is 0 Å². The first-order valence-electron chi connectivity index (χ1n) is 7.15. The van der Waals surface area contributed by atoms with Crippen molar-refractivity contribution in [3.63, 3.8) is 0 Å². The second-order valence-electron chi connectivity index (χ2n) is 5.02. The number of carbonyl (C=O) groups is 1. The van der Waals surface area contributed by atoms with Crippen LogP contribution in [0.25, 0.3) is 0 Å². The van der Waals surface area contributed by atoms with E-state index in [1.807, 2.05) is 36.4 Å². The van der Waals surface area contributed by atoms with Gasteiger partial charge in [0.15, 0.2) is 0 Å². The van der Waals surface area contributed by atoms with Crippen molar-refractivity contribution in [3.05, 3.63) is 78.6 Å². The number of nitrogens with zero attached hydrogens (tertiary/aromatic N) is 1. The maximum absolute atomic E-state index is 12.2. The van der Waals surface area contributed by atoms with Gasteiger partial charge in [-0.3, -0.25) is 9.78 Å². The molecule has 1 heterocycles. The summed E-state index contributed by atoms with van der Waals surface area (Å²) in [4.78, 5) is 16.2. The Morgan fingerprint density at radius 2 is 1.61 bits per heavy atom. The summed E-state index contributed by atoms with van der Waals surface area (Å²) in [5.74, 6) is -0.196. The van der Waals surface area contributed by atoms with Gasteiger partial charge in [-0.25, -0.2) is 0 Å². The molecule has 0 saturated carbocycles. The summed E-state index contributed by atoms with van der Waals surface area (Å²) in [7, 11) is 0. The topological polar surface area (TPSA) is 80.0 Å².